The maximum atomic E-state index is 10.8. The number of hydrogen-bond acceptors (Lipinski definition) is 3. The minimum absolute atomic E-state index is 0.153. The quantitative estimate of drug-likeness (QED) is 0.350. The number of nitrogens with one attached hydrogen (secondary N) is 1. The molecule has 0 aliphatic rings. The fourth-order valence-corrected chi connectivity index (χ4v) is 0.634. The molecular weight excluding hydrogens is 142 g/mol. The lowest BCUT2D eigenvalue weighted by atomic mass is 10.3. The molecule has 0 spiro atoms. The molecule has 3 nitrogen and oxygen atoms in total. The molecule has 0 aliphatic heterocycles. The van der Waals surface area contributed by atoms with E-state index in [1.54, 1.807) is 6.08 Å². The van der Waals surface area contributed by atoms with E-state index in [9.17, 15) is 4.79 Å². The summed E-state index contributed by atoms with van der Waals surface area (Å²) in [6.07, 6.45) is 2.87. The maximum Gasteiger partial charge on any atom is 0.306 e. The van der Waals surface area contributed by atoms with Crippen LogP contribution >= 0.6 is 0 Å². The van der Waals surface area contributed by atoms with Crippen molar-refractivity contribution >= 4 is 5.97 Å². The number of rotatable bonds is 6. The molecule has 3 heteroatoms. The zero-order chi connectivity index (χ0) is 8.53. The van der Waals surface area contributed by atoms with Gasteiger partial charge >= 0.3 is 5.97 Å². The Morgan fingerprint density at radius 2 is 2.45 bits per heavy atom. The summed E-state index contributed by atoms with van der Waals surface area (Å²) in [5.41, 5.74) is 0. The highest BCUT2D eigenvalue weighted by atomic mass is 16.5. The molecule has 0 saturated carbocycles. The third-order valence-electron chi connectivity index (χ3n) is 1.17. The van der Waals surface area contributed by atoms with Crippen LogP contribution < -0.4 is 5.32 Å². The number of esters is 1. The molecule has 0 saturated heterocycles. The molecule has 0 unspecified atom stereocenters. The highest BCUT2D eigenvalue weighted by Gasteiger charge is 1.98. The Bertz CT molecular complexity index is 123. The number of ether oxygens (including phenoxy) is 1. The zero-order valence-electron chi connectivity index (χ0n) is 6.93. The van der Waals surface area contributed by atoms with Gasteiger partial charge in [0.15, 0.2) is 0 Å². The standard InChI is InChI=1S/C8H15NO2/c1-3-7-11-8(10)5-4-6-9-2/h3,9H,1,4-7H2,2H3. The van der Waals surface area contributed by atoms with E-state index in [2.05, 4.69) is 11.9 Å². The van der Waals surface area contributed by atoms with Crippen LogP contribution in [0.5, 0.6) is 0 Å². The van der Waals surface area contributed by atoms with Crippen LogP contribution in [0.2, 0.25) is 0 Å². The van der Waals surface area contributed by atoms with Crippen molar-refractivity contribution in [3.05, 3.63) is 12.7 Å². The molecule has 0 radical (unpaired) electrons. The van der Waals surface area contributed by atoms with E-state index in [1.807, 2.05) is 7.05 Å². The van der Waals surface area contributed by atoms with Crippen LogP contribution in [0, 0.1) is 0 Å². The first-order chi connectivity index (χ1) is 5.31. The molecule has 11 heavy (non-hydrogen) atoms. The van der Waals surface area contributed by atoms with Crippen molar-refractivity contribution in [1.29, 1.82) is 0 Å². The van der Waals surface area contributed by atoms with E-state index in [-0.39, 0.29) is 5.97 Å². The molecule has 0 aromatic heterocycles. The summed E-state index contributed by atoms with van der Waals surface area (Å²) in [6, 6.07) is 0. The molecule has 0 heterocycles. The minimum atomic E-state index is -0.153. The summed E-state index contributed by atoms with van der Waals surface area (Å²) in [5.74, 6) is -0.153. The van der Waals surface area contributed by atoms with Crippen molar-refractivity contribution in [1.82, 2.24) is 5.32 Å². The molecule has 0 aromatic rings. The average Bonchev–Trinajstić information content (AvgIpc) is 2.01. The number of carbonyl (C=O) groups is 1. The van der Waals surface area contributed by atoms with Crippen molar-refractivity contribution in [3.63, 3.8) is 0 Å². The van der Waals surface area contributed by atoms with E-state index < -0.39 is 0 Å². The van der Waals surface area contributed by atoms with Crippen LogP contribution in [0.4, 0.5) is 0 Å². The second-order valence-electron chi connectivity index (χ2n) is 2.18. The lowest BCUT2D eigenvalue weighted by molar-refractivity contribution is -0.142. The van der Waals surface area contributed by atoms with Gasteiger partial charge in [0.25, 0.3) is 0 Å². The monoisotopic (exact) mass is 157 g/mol. The summed E-state index contributed by atoms with van der Waals surface area (Å²) in [7, 11) is 1.86. The Kier molecular flexibility index (Phi) is 6.73. The molecule has 0 atom stereocenters. The Morgan fingerprint density at radius 1 is 1.73 bits per heavy atom. The van der Waals surface area contributed by atoms with Crippen LogP contribution in [0.25, 0.3) is 0 Å². The first kappa shape index (κ1) is 10.2. The van der Waals surface area contributed by atoms with Crippen molar-refractivity contribution in [2.45, 2.75) is 12.8 Å². The highest BCUT2D eigenvalue weighted by Crippen LogP contribution is 1.90. The van der Waals surface area contributed by atoms with Gasteiger partial charge in [-0.3, -0.25) is 4.79 Å². The Hall–Kier alpha value is -0.830. The van der Waals surface area contributed by atoms with Gasteiger partial charge in [-0.25, -0.2) is 0 Å². The van der Waals surface area contributed by atoms with E-state index in [0.717, 1.165) is 13.0 Å². The SMILES string of the molecule is C=CCOC(=O)CCCNC. The van der Waals surface area contributed by atoms with Crippen LogP contribution in [0.15, 0.2) is 12.7 Å². The lowest BCUT2D eigenvalue weighted by Crippen LogP contribution is -2.11. The number of hydrogen-bond donors (Lipinski definition) is 1. The van der Waals surface area contributed by atoms with Crippen molar-refractivity contribution in [2.75, 3.05) is 20.2 Å². The minimum Gasteiger partial charge on any atom is -0.461 e. The fraction of sp³-hybridized carbons (Fsp3) is 0.625. The largest absolute Gasteiger partial charge is 0.461 e. The van der Waals surface area contributed by atoms with E-state index >= 15 is 0 Å². The van der Waals surface area contributed by atoms with Gasteiger partial charge in [-0.15, -0.1) is 0 Å². The summed E-state index contributed by atoms with van der Waals surface area (Å²) < 4.78 is 4.75. The van der Waals surface area contributed by atoms with Gasteiger partial charge in [-0.05, 0) is 20.0 Å². The van der Waals surface area contributed by atoms with Gasteiger partial charge in [0.05, 0.1) is 0 Å². The molecule has 0 fully saturated rings. The predicted octanol–water partition coefficient (Wildman–Crippen LogP) is 0.715. The van der Waals surface area contributed by atoms with E-state index in [4.69, 9.17) is 4.74 Å². The maximum absolute atomic E-state index is 10.8. The topological polar surface area (TPSA) is 38.3 Å². The van der Waals surface area contributed by atoms with E-state index in [0.29, 0.717) is 13.0 Å². The molecule has 1 N–H and O–H groups in total. The van der Waals surface area contributed by atoms with Crippen molar-refractivity contribution < 1.29 is 9.53 Å². The molecule has 0 aliphatic carbocycles. The predicted molar refractivity (Wildman–Crippen MR) is 44.3 cm³/mol. The Labute approximate surface area is 67.4 Å². The van der Waals surface area contributed by atoms with E-state index in [1.165, 1.54) is 0 Å². The molecule has 0 amide bonds. The third kappa shape index (κ3) is 7.06. The molecule has 0 rings (SSSR count). The summed E-state index contributed by atoms with van der Waals surface area (Å²) >= 11 is 0. The lowest BCUT2D eigenvalue weighted by Gasteiger charge is -2.00. The van der Waals surface area contributed by atoms with Crippen LogP contribution in [0.1, 0.15) is 12.8 Å². The first-order valence-electron chi connectivity index (χ1n) is 3.72. The second-order valence-corrected chi connectivity index (χ2v) is 2.18. The highest BCUT2D eigenvalue weighted by molar-refractivity contribution is 5.69. The van der Waals surface area contributed by atoms with Crippen LogP contribution in [-0.4, -0.2) is 26.2 Å². The Morgan fingerprint density at radius 3 is 3.00 bits per heavy atom. The third-order valence-corrected chi connectivity index (χ3v) is 1.17. The van der Waals surface area contributed by atoms with Gasteiger partial charge in [0.2, 0.25) is 0 Å². The molecule has 0 aromatic carbocycles. The smallest absolute Gasteiger partial charge is 0.306 e. The van der Waals surface area contributed by atoms with Crippen LogP contribution in [-0.2, 0) is 9.53 Å². The molecule has 64 valence electrons. The fourth-order valence-electron chi connectivity index (χ4n) is 0.634. The first-order valence-corrected chi connectivity index (χ1v) is 3.72. The van der Waals surface area contributed by atoms with Crippen LogP contribution in [0.3, 0.4) is 0 Å². The average molecular weight is 157 g/mol. The van der Waals surface area contributed by atoms with Gasteiger partial charge in [-0.2, -0.15) is 0 Å². The summed E-state index contributed by atoms with van der Waals surface area (Å²) in [5, 5.41) is 2.95. The van der Waals surface area contributed by atoms with Gasteiger partial charge in [-0.1, -0.05) is 12.7 Å². The summed E-state index contributed by atoms with van der Waals surface area (Å²) in [4.78, 5) is 10.8. The van der Waals surface area contributed by atoms with Gasteiger partial charge in [0, 0.05) is 6.42 Å². The van der Waals surface area contributed by atoms with Gasteiger partial charge in [0.1, 0.15) is 6.61 Å². The van der Waals surface area contributed by atoms with Crippen molar-refractivity contribution in [3.8, 4) is 0 Å². The second kappa shape index (κ2) is 7.28. The molecular formula is C8H15NO2. The van der Waals surface area contributed by atoms with Gasteiger partial charge < -0.3 is 10.1 Å². The number of carbonyl (C=O) groups excluding carboxylic acids is 1. The summed E-state index contributed by atoms with van der Waals surface area (Å²) in [6.45, 7) is 4.61. The molecule has 0 bridgehead atoms. The van der Waals surface area contributed by atoms with Crippen molar-refractivity contribution in [2.24, 2.45) is 0 Å². The Balaban J connectivity index is 3.15. The zero-order valence-corrected chi connectivity index (χ0v) is 6.93. The normalized spacial score (nSPS) is 9.18.